The topological polar surface area (TPSA) is 51.7 Å². The molecule has 206 valence electrons. The molecule has 1 saturated carbocycles. The van der Waals surface area contributed by atoms with Crippen molar-refractivity contribution >= 4 is 5.91 Å². The lowest BCUT2D eigenvalue weighted by Crippen LogP contribution is -2.39. The van der Waals surface area contributed by atoms with Gasteiger partial charge in [0.1, 0.15) is 0 Å². The van der Waals surface area contributed by atoms with Gasteiger partial charge < -0.3 is 14.4 Å². The van der Waals surface area contributed by atoms with Crippen LogP contribution in [0.1, 0.15) is 89.5 Å². The molecule has 3 heterocycles. The van der Waals surface area contributed by atoms with Crippen molar-refractivity contribution in [3.63, 3.8) is 0 Å². The van der Waals surface area contributed by atoms with Crippen molar-refractivity contribution in [3.05, 3.63) is 29.1 Å². The molecule has 8 heteroatoms. The normalized spacial score (nSPS) is 25.7. The Morgan fingerprint density at radius 1 is 1.22 bits per heavy atom. The Kier molecular flexibility index (Phi) is 12.7. The molecule has 4 unspecified atom stereocenters. The predicted molar refractivity (Wildman–Crippen MR) is 135 cm³/mol. The van der Waals surface area contributed by atoms with E-state index in [9.17, 15) is 18.0 Å². The van der Waals surface area contributed by atoms with E-state index in [0.29, 0.717) is 42.2 Å². The van der Waals surface area contributed by atoms with Crippen LogP contribution in [0.2, 0.25) is 0 Å². The quantitative estimate of drug-likeness (QED) is 0.450. The van der Waals surface area contributed by atoms with Gasteiger partial charge in [-0.05, 0) is 49.1 Å². The largest absolute Gasteiger partial charge is 0.417 e. The molecule has 1 aliphatic carbocycles. The summed E-state index contributed by atoms with van der Waals surface area (Å²) in [6, 6.07) is 1.15. The van der Waals surface area contributed by atoms with Gasteiger partial charge in [-0.2, -0.15) is 13.2 Å². The second-order valence-electron chi connectivity index (χ2n) is 10.3. The number of fused-ring (bicyclic) bond motifs is 1. The zero-order valence-electron chi connectivity index (χ0n) is 22.7. The van der Waals surface area contributed by atoms with Gasteiger partial charge in [0.05, 0.1) is 18.3 Å². The number of hydrogen-bond donors (Lipinski definition) is 0. The maximum atomic E-state index is 12.9. The highest BCUT2D eigenvalue weighted by molar-refractivity contribution is 5.79. The highest BCUT2D eigenvalue weighted by Crippen LogP contribution is 2.36. The van der Waals surface area contributed by atoms with Crippen molar-refractivity contribution < 1.29 is 27.4 Å². The first-order valence-electron chi connectivity index (χ1n) is 13.6. The lowest BCUT2D eigenvalue weighted by atomic mass is 9.98. The molecule has 2 fully saturated rings. The highest BCUT2D eigenvalue weighted by Gasteiger charge is 2.35. The van der Waals surface area contributed by atoms with Crippen LogP contribution in [-0.4, -0.2) is 48.8 Å². The lowest BCUT2D eigenvalue weighted by molar-refractivity contribution is -0.137. The van der Waals surface area contributed by atoms with Crippen LogP contribution in [0.25, 0.3) is 0 Å². The average molecular weight is 515 g/mol. The molecule has 1 saturated heterocycles. The van der Waals surface area contributed by atoms with E-state index in [-0.39, 0.29) is 18.4 Å². The van der Waals surface area contributed by atoms with E-state index < -0.39 is 11.7 Å². The fourth-order valence-corrected chi connectivity index (χ4v) is 5.12. The molecule has 0 aromatic carbocycles. The molecule has 1 aromatic heterocycles. The number of carbonyl (C=O) groups excluding carboxylic acids is 1. The fraction of sp³-hybridized carbons (Fsp3) is 0.786. The van der Waals surface area contributed by atoms with Gasteiger partial charge in [0.2, 0.25) is 5.91 Å². The number of carbonyl (C=O) groups is 1. The van der Waals surface area contributed by atoms with E-state index >= 15 is 0 Å². The molecular formula is C28H45F3N2O3. The van der Waals surface area contributed by atoms with Crippen LogP contribution in [0.15, 0.2) is 12.3 Å². The molecule has 4 rings (SSSR count). The first-order chi connectivity index (χ1) is 17.1. The van der Waals surface area contributed by atoms with Crippen molar-refractivity contribution in [2.45, 2.75) is 97.9 Å². The summed E-state index contributed by atoms with van der Waals surface area (Å²) in [5.74, 6) is 1.45. The molecule has 3 aliphatic rings. The Hall–Kier alpha value is -1.67. The second kappa shape index (κ2) is 14.9. The van der Waals surface area contributed by atoms with Gasteiger partial charge in [-0.15, -0.1) is 0 Å². The summed E-state index contributed by atoms with van der Waals surface area (Å²) in [5, 5.41) is 0. The number of alkyl halides is 3. The standard InChI is InChI=1S/C18H23F3N2O.C7H14O2.C3H8/c1-2-3-12-4-5-13(8-12)17(24)23-7-6-16-14(11-23)9-15(10-22-16)18(19,20)21;1-6-3-4-9-5-7(6)8-2;1-3-2/h9-10,12-13H,2-8,11H2,1H3;6-7H,3-5H2,1-2H3;3H2,1-2H3. The molecule has 1 aromatic rings. The van der Waals surface area contributed by atoms with E-state index in [1.165, 1.54) is 6.42 Å². The van der Waals surface area contributed by atoms with Gasteiger partial charge in [0.25, 0.3) is 0 Å². The van der Waals surface area contributed by atoms with Gasteiger partial charge >= 0.3 is 6.18 Å². The van der Waals surface area contributed by atoms with E-state index in [1.807, 2.05) is 0 Å². The van der Waals surface area contributed by atoms with Crippen LogP contribution in [0.4, 0.5) is 13.2 Å². The maximum Gasteiger partial charge on any atom is 0.417 e. The van der Waals surface area contributed by atoms with Crippen molar-refractivity contribution in [2.75, 3.05) is 26.9 Å². The SMILES string of the molecule is CCC.CCCC1CCC(C(=O)N2CCc3ncc(C(F)(F)F)cc3C2)C1.COC1COCCC1C. The van der Waals surface area contributed by atoms with E-state index in [0.717, 1.165) is 64.0 Å². The lowest BCUT2D eigenvalue weighted by Gasteiger charge is -2.30. The van der Waals surface area contributed by atoms with Crippen molar-refractivity contribution in [1.29, 1.82) is 0 Å². The third-order valence-corrected chi connectivity index (χ3v) is 7.20. The minimum atomic E-state index is -4.40. The number of nitrogens with zero attached hydrogens (tertiary/aromatic N) is 2. The van der Waals surface area contributed by atoms with E-state index in [4.69, 9.17) is 9.47 Å². The number of aromatic nitrogens is 1. The zero-order valence-corrected chi connectivity index (χ0v) is 22.7. The first kappa shape index (κ1) is 30.6. The monoisotopic (exact) mass is 514 g/mol. The Bertz CT molecular complexity index is 803. The molecule has 0 bridgehead atoms. The summed E-state index contributed by atoms with van der Waals surface area (Å²) >= 11 is 0. The van der Waals surface area contributed by atoms with Crippen LogP contribution in [0.3, 0.4) is 0 Å². The van der Waals surface area contributed by atoms with E-state index in [1.54, 1.807) is 12.0 Å². The van der Waals surface area contributed by atoms with Gasteiger partial charge in [0.15, 0.2) is 0 Å². The third-order valence-electron chi connectivity index (χ3n) is 7.20. The summed E-state index contributed by atoms with van der Waals surface area (Å²) in [5.41, 5.74) is 0.481. The summed E-state index contributed by atoms with van der Waals surface area (Å²) < 4.78 is 49.0. The summed E-state index contributed by atoms with van der Waals surface area (Å²) in [6.45, 7) is 11.1. The van der Waals surface area contributed by atoms with Crippen LogP contribution >= 0.6 is 0 Å². The number of halogens is 3. The molecule has 0 spiro atoms. The summed E-state index contributed by atoms with van der Waals surface area (Å²) in [6.07, 6.45) is 4.97. The Balaban J connectivity index is 0.000000316. The second-order valence-corrected chi connectivity index (χ2v) is 10.3. The van der Waals surface area contributed by atoms with Gasteiger partial charge in [0, 0.05) is 51.0 Å². The number of ether oxygens (including phenoxy) is 2. The summed E-state index contributed by atoms with van der Waals surface area (Å²) in [4.78, 5) is 18.4. The van der Waals surface area contributed by atoms with Gasteiger partial charge in [-0.1, -0.05) is 47.0 Å². The van der Waals surface area contributed by atoms with Crippen molar-refractivity contribution in [1.82, 2.24) is 9.88 Å². The van der Waals surface area contributed by atoms with Gasteiger partial charge in [-0.25, -0.2) is 0 Å². The minimum absolute atomic E-state index is 0.0434. The Morgan fingerprint density at radius 3 is 2.53 bits per heavy atom. The number of methoxy groups -OCH3 is 1. The summed E-state index contributed by atoms with van der Waals surface area (Å²) in [7, 11) is 1.75. The average Bonchev–Trinajstić information content (AvgIpc) is 3.32. The number of amides is 1. The molecule has 2 aliphatic heterocycles. The van der Waals surface area contributed by atoms with Gasteiger partial charge in [-0.3, -0.25) is 9.78 Å². The number of pyridine rings is 1. The zero-order chi connectivity index (χ0) is 26.7. The Labute approximate surface area is 215 Å². The smallest absolute Gasteiger partial charge is 0.379 e. The maximum absolute atomic E-state index is 12.9. The van der Waals surface area contributed by atoms with Crippen molar-refractivity contribution in [3.8, 4) is 0 Å². The van der Waals surface area contributed by atoms with Crippen LogP contribution in [-0.2, 0) is 33.4 Å². The first-order valence-corrected chi connectivity index (χ1v) is 13.6. The minimum Gasteiger partial charge on any atom is -0.379 e. The van der Waals surface area contributed by atoms with Crippen LogP contribution in [0, 0.1) is 17.8 Å². The van der Waals surface area contributed by atoms with Crippen LogP contribution in [0.5, 0.6) is 0 Å². The molecule has 36 heavy (non-hydrogen) atoms. The molecule has 5 nitrogen and oxygen atoms in total. The number of rotatable bonds is 4. The molecule has 0 N–H and O–H groups in total. The van der Waals surface area contributed by atoms with Crippen LogP contribution < -0.4 is 0 Å². The highest BCUT2D eigenvalue weighted by atomic mass is 19.4. The predicted octanol–water partition coefficient (Wildman–Crippen LogP) is 6.68. The Morgan fingerprint density at radius 2 is 1.94 bits per heavy atom. The molecule has 1 amide bonds. The molecule has 4 atom stereocenters. The van der Waals surface area contributed by atoms with Crippen molar-refractivity contribution in [2.24, 2.45) is 17.8 Å². The van der Waals surface area contributed by atoms with E-state index in [2.05, 4.69) is 32.7 Å². The number of hydrogen-bond acceptors (Lipinski definition) is 4. The fourth-order valence-electron chi connectivity index (χ4n) is 5.12. The molecular weight excluding hydrogens is 469 g/mol. The molecule has 0 radical (unpaired) electrons. The third kappa shape index (κ3) is 9.02.